The fourth-order valence-electron chi connectivity index (χ4n) is 1.40. The molecular weight excluding hydrogens is 188 g/mol. The molecule has 0 atom stereocenters. The van der Waals surface area contributed by atoms with Crippen LogP contribution in [0.3, 0.4) is 0 Å². The lowest BCUT2D eigenvalue weighted by molar-refractivity contribution is 0.455. The van der Waals surface area contributed by atoms with E-state index in [1.54, 1.807) is 6.07 Å². The molecule has 0 spiro atoms. The predicted octanol–water partition coefficient (Wildman–Crippen LogP) is 3.16. The highest BCUT2D eigenvalue weighted by Crippen LogP contribution is 2.24. The van der Waals surface area contributed by atoms with E-state index in [4.69, 9.17) is 0 Å². The maximum atomic E-state index is 9.59. The molecule has 1 aromatic carbocycles. The van der Waals surface area contributed by atoms with Crippen molar-refractivity contribution in [2.75, 3.05) is 0 Å². The van der Waals surface area contributed by atoms with E-state index >= 15 is 0 Å². The van der Waals surface area contributed by atoms with E-state index in [1.165, 1.54) is 12.1 Å². The Morgan fingerprint density at radius 3 is 2.60 bits per heavy atom. The second-order valence-electron chi connectivity index (χ2n) is 3.35. The SMILES string of the molecule is C/C=C\C(=C/C)Cc1cc(O)ccc1O. The van der Waals surface area contributed by atoms with Gasteiger partial charge in [0.1, 0.15) is 11.5 Å². The molecule has 2 nitrogen and oxygen atoms in total. The molecule has 1 rings (SSSR count). The predicted molar refractivity (Wildman–Crippen MR) is 62.0 cm³/mol. The Hall–Kier alpha value is -1.70. The minimum Gasteiger partial charge on any atom is -0.508 e. The molecule has 0 heterocycles. The maximum absolute atomic E-state index is 9.59. The Balaban J connectivity index is 2.93. The summed E-state index contributed by atoms with van der Waals surface area (Å²) in [5.41, 5.74) is 1.85. The molecule has 0 saturated carbocycles. The highest BCUT2D eigenvalue weighted by Gasteiger charge is 2.03. The fourth-order valence-corrected chi connectivity index (χ4v) is 1.40. The standard InChI is InChI=1S/C13H16O2/c1-3-5-10(4-2)8-11-9-12(14)6-7-13(11)15/h3-7,9,14-15H,8H2,1-2H3/b5-3-,10-4+. The van der Waals surface area contributed by atoms with Crippen LogP contribution in [0.1, 0.15) is 19.4 Å². The van der Waals surface area contributed by atoms with Gasteiger partial charge in [0.05, 0.1) is 0 Å². The number of rotatable bonds is 3. The van der Waals surface area contributed by atoms with Crippen molar-refractivity contribution in [3.8, 4) is 11.5 Å². The quantitative estimate of drug-likeness (QED) is 0.586. The third-order valence-electron chi connectivity index (χ3n) is 2.21. The van der Waals surface area contributed by atoms with Crippen molar-refractivity contribution in [2.45, 2.75) is 20.3 Å². The van der Waals surface area contributed by atoms with Crippen LogP contribution in [0.15, 0.2) is 42.0 Å². The Bertz CT molecular complexity index is 390. The van der Waals surface area contributed by atoms with Gasteiger partial charge in [-0.2, -0.15) is 0 Å². The molecule has 0 amide bonds. The number of aromatic hydroxyl groups is 2. The van der Waals surface area contributed by atoms with Gasteiger partial charge < -0.3 is 10.2 Å². The zero-order valence-electron chi connectivity index (χ0n) is 9.07. The second-order valence-corrected chi connectivity index (χ2v) is 3.35. The summed E-state index contributed by atoms with van der Waals surface area (Å²) < 4.78 is 0. The Labute approximate surface area is 90.2 Å². The first-order chi connectivity index (χ1) is 7.17. The van der Waals surface area contributed by atoms with Crippen molar-refractivity contribution in [1.82, 2.24) is 0 Å². The van der Waals surface area contributed by atoms with Gasteiger partial charge >= 0.3 is 0 Å². The van der Waals surface area contributed by atoms with Crippen LogP contribution in [-0.4, -0.2) is 10.2 Å². The number of hydrogen-bond acceptors (Lipinski definition) is 2. The van der Waals surface area contributed by atoms with Crippen LogP contribution >= 0.6 is 0 Å². The Kier molecular flexibility index (Phi) is 3.98. The van der Waals surface area contributed by atoms with Gasteiger partial charge in [0.25, 0.3) is 0 Å². The van der Waals surface area contributed by atoms with Crippen LogP contribution in [0, 0.1) is 0 Å². The average Bonchev–Trinajstić information content (AvgIpc) is 2.22. The summed E-state index contributed by atoms with van der Waals surface area (Å²) in [5.74, 6) is 0.399. The van der Waals surface area contributed by atoms with Crippen molar-refractivity contribution >= 4 is 0 Å². The van der Waals surface area contributed by atoms with E-state index in [-0.39, 0.29) is 11.5 Å². The Morgan fingerprint density at radius 1 is 1.27 bits per heavy atom. The van der Waals surface area contributed by atoms with E-state index in [9.17, 15) is 10.2 Å². The molecule has 1 aromatic rings. The van der Waals surface area contributed by atoms with Gasteiger partial charge in [-0.05, 0) is 37.6 Å². The molecule has 15 heavy (non-hydrogen) atoms. The van der Waals surface area contributed by atoms with Gasteiger partial charge in [0, 0.05) is 12.0 Å². The highest BCUT2D eigenvalue weighted by molar-refractivity contribution is 5.42. The number of allylic oxidation sites excluding steroid dienone is 4. The molecule has 0 aromatic heterocycles. The zero-order valence-corrected chi connectivity index (χ0v) is 9.07. The normalized spacial score (nSPS) is 12.3. The van der Waals surface area contributed by atoms with Crippen LogP contribution in [0.25, 0.3) is 0 Å². The zero-order chi connectivity index (χ0) is 11.3. The third kappa shape index (κ3) is 3.17. The maximum Gasteiger partial charge on any atom is 0.119 e. The van der Waals surface area contributed by atoms with Crippen LogP contribution in [0.2, 0.25) is 0 Å². The monoisotopic (exact) mass is 204 g/mol. The summed E-state index contributed by atoms with van der Waals surface area (Å²) in [7, 11) is 0. The first kappa shape index (κ1) is 11.4. The van der Waals surface area contributed by atoms with Crippen LogP contribution in [0.4, 0.5) is 0 Å². The molecule has 0 unspecified atom stereocenters. The lowest BCUT2D eigenvalue weighted by atomic mass is 10.0. The smallest absolute Gasteiger partial charge is 0.119 e. The number of benzene rings is 1. The molecule has 0 aliphatic rings. The van der Waals surface area contributed by atoms with E-state index in [1.807, 2.05) is 32.1 Å². The van der Waals surface area contributed by atoms with Crippen molar-refractivity contribution in [2.24, 2.45) is 0 Å². The van der Waals surface area contributed by atoms with Gasteiger partial charge in [0.15, 0.2) is 0 Å². The minimum absolute atomic E-state index is 0.179. The highest BCUT2D eigenvalue weighted by atomic mass is 16.3. The minimum atomic E-state index is 0.179. The summed E-state index contributed by atoms with van der Waals surface area (Å²) in [6.45, 7) is 3.90. The number of hydrogen-bond donors (Lipinski definition) is 2. The summed E-state index contributed by atoms with van der Waals surface area (Å²) in [4.78, 5) is 0. The van der Waals surface area contributed by atoms with Crippen LogP contribution < -0.4 is 0 Å². The molecule has 0 fully saturated rings. The molecule has 0 saturated heterocycles. The van der Waals surface area contributed by atoms with Gasteiger partial charge in [-0.25, -0.2) is 0 Å². The first-order valence-electron chi connectivity index (χ1n) is 4.96. The summed E-state index contributed by atoms with van der Waals surface area (Å²) >= 11 is 0. The molecule has 2 heteroatoms. The number of phenols is 2. The van der Waals surface area contributed by atoms with Gasteiger partial charge in [-0.3, -0.25) is 0 Å². The molecule has 0 radical (unpaired) electrons. The molecule has 80 valence electrons. The molecule has 2 N–H and O–H groups in total. The molecule has 0 aliphatic heterocycles. The molecular formula is C13H16O2. The summed E-state index contributed by atoms with van der Waals surface area (Å²) in [6.07, 6.45) is 6.56. The average molecular weight is 204 g/mol. The second kappa shape index (κ2) is 5.25. The number of phenolic OH excluding ortho intramolecular Hbond substituents is 2. The third-order valence-corrected chi connectivity index (χ3v) is 2.21. The van der Waals surface area contributed by atoms with E-state index in [0.717, 1.165) is 11.1 Å². The van der Waals surface area contributed by atoms with Gasteiger partial charge in [-0.15, -0.1) is 0 Å². The van der Waals surface area contributed by atoms with E-state index in [0.29, 0.717) is 6.42 Å². The van der Waals surface area contributed by atoms with E-state index < -0.39 is 0 Å². The molecule has 0 bridgehead atoms. The topological polar surface area (TPSA) is 40.5 Å². The van der Waals surface area contributed by atoms with Crippen molar-refractivity contribution in [3.63, 3.8) is 0 Å². The summed E-state index contributed by atoms with van der Waals surface area (Å²) in [6, 6.07) is 4.57. The Morgan fingerprint density at radius 2 is 2.00 bits per heavy atom. The first-order valence-corrected chi connectivity index (χ1v) is 4.96. The lowest BCUT2D eigenvalue weighted by Crippen LogP contribution is -1.88. The van der Waals surface area contributed by atoms with Crippen molar-refractivity contribution in [3.05, 3.63) is 47.6 Å². The van der Waals surface area contributed by atoms with Crippen molar-refractivity contribution in [1.29, 1.82) is 0 Å². The van der Waals surface area contributed by atoms with Gasteiger partial charge in [0.2, 0.25) is 0 Å². The fraction of sp³-hybridized carbons (Fsp3) is 0.231. The van der Waals surface area contributed by atoms with Gasteiger partial charge in [-0.1, -0.05) is 18.2 Å². The van der Waals surface area contributed by atoms with Crippen LogP contribution in [-0.2, 0) is 6.42 Å². The lowest BCUT2D eigenvalue weighted by Gasteiger charge is -2.05. The largest absolute Gasteiger partial charge is 0.508 e. The summed E-state index contributed by atoms with van der Waals surface area (Å²) in [5, 5.41) is 18.9. The molecule has 0 aliphatic carbocycles. The van der Waals surface area contributed by atoms with Crippen LogP contribution in [0.5, 0.6) is 11.5 Å². The van der Waals surface area contributed by atoms with E-state index in [2.05, 4.69) is 0 Å². The van der Waals surface area contributed by atoms with Crippen molar-refractivity contribution < 1.29 is 10.2 Å².